The standard InChI is InChI=1S/C8H7N3O2/c9-6-3-10-8(12)11-7(6)5-1-2-13-4-5/h1-4,7,9H,(H,11,12). The van der Waals surface area contributed by atoms with Crippen molar-refractivity contribution < 1.29 is 9.21 Å². The average Bonchev–Trinajstić information content (AvgIpc) is 2.61. The van der Waals surface area contributed by atoms with Crippen LogP contribution in [-0.4, -0.2) is 18.0 Å². The quantitative estimate of drug-likeness (QED) is 0.674. The van der Waals surface area contributed by atoms with Gasteiger partial charge in [-0.2, -0.15) is 0 Å². The Balaban J connectivity index is 2.30. The van der Waals surface area contributed by atoms with E-state index in [1.807, 2.05) is 0 Å². The summed E-state index contributed by atoms with van der Waals surface area (Å²) in [4.78, 5) is 14.3. The molecule has 5 nitrogen and oxygen atoms in total. The van der Waals surface area contributed by atoms with Crippen molar-refractivity contribution in [2.45, 2.75) is 6.04 Å². The Kier molecular flexibility index (Phi) is 1.70. The van der Waals surface area contributed by atoms with Gasteiger partial charge in [0.05, 0.1) is 24.5 Å². The molecule has 1 aromatic rings. The molecule has 0 aliphatic carbocycles. The zero-order chi connectivity index (χ0) is 9.26. The monoisotopic (exact) mass is 177 g/mol. The van der Waals surface area contributed by atoms with Crippen LogP contribution in [-0.2, 0) is 0 Å². The van der Waals surface area contributed by atoms with Gasteiger partial charge >= 0.3 is 6.03 Å². The van der Waals surface area contributed by atoms with Crippen molar-refractivity contribution in [1.29, 1.82) is 5.41 Å². The molecule has 1 atom stereocenters. The molecule has 0 spiro atoms. The molecule has 5 heteroatoms. The minimum atomic E-state index is -0.429. The number of nitrogens with zero attached hydrogens (tertiary/aromatic N) is 1. The first kappa shape index (κ1) is 7.72. The average molecular weight is 177 g/mol. The van der Waals surface area contributed by atoms with Gasteiger partial charge in [-0.15, -0.1) is 0 Å². The smallest absolute Gasteiger partial charge is 0.341 e. The highest BCUT2D eigenvalue weighted by Gasteiger charge is 2.22. The topological polar surface area (TPSA) is 78.5 Å². The minimum absolute atomic E-state index is 0.251. The SMILES string of the molecule is N=C1C=NC(=O)NC1c1ccoc1. The molecule has 0 saturated heterocycles. The molecule has 2 N–H and O–H groups in total. The van der Waals surface area contributed by atoms with Gasteiger partial charge in [0.1, 0.15) is 6.04 Å². The largest absolute Gasteiger partial charge is 0.472 e. The molecular formula is C8H7N3O2. The Bertz CT molecular complexity index is 367. The molecule has 1 aliphatic rings. The molecule has 1 aromatic heterocycles. The summed E-state index contributed by atoms with van der Waals surface area (Å²) in [6.07, 6.45) is 4.25. The van der Waals surface area contributed by atoms with E-state index in [2.05, 4.69) is 10.3 Å². The highest BCUT2D eigenvalue weighted by molar-refractivity contribution is 6.34. The Labute approximate surface area is 74.0 Å². The molecule has 2 rings (SSSR count). The van der Waals surface area contributed by atoms with Crippen LogP contribution in [0.15, 0.2) is 28.0 Å². The number of amides is 2. The molecule has 0 bridgehead atoms. The van der Waals surface area contributed by atoms with Crippen molar-refractivity contribution in [3.8, 4) is 0 Å². The summed E-state index contributed by atoms with van der Waals surface area (Å²) in [6, 6.07) is 0.851. The molecule has 13 heavy (non-hydrogen) atoms. The Morgan fingerprint density at radius 2 is 2.46 bits per heavy atom. The lowest BCUT2D eigenvalue weighted by Gasteiger charge is -2.17. The van der Waals surface area contributed by atoms with E-state index < -0.39 is 12.1 Å². The zero-order valence-corrected chi connectivity index (χ0v) is 6.65. The number of furan rings is 1. The third-order valence-electron chi connectivity index (χ3n) is 1.78. The Hall–Kier alpha value is -1.91. The van der Waals surface area contributed by atoms with Gasteiger partial charge in [-0.1, -0.05) is 0 Å². The zero-order valence-electron chi connectivity index (χ0n) is 6.65. The van der Waals surface area contributed by atoms with Gasteiger partial charge in [0.15, 0.2) is 0 Å². The van der Waals surface area contributed by atoms with Crippen molar-refractivity contribution in [1.82, 2.24) is 5.32 Å². The maximum absolute atomic E-state index is 10.9. The second-order valence-corrected chi connectivity index (χ2v) is 2.65. The lowest BCUT2D eigenvalue weighted by atomic mass is 10.1. The normalized spacial score (nSPS) is 21.7. The first-order valence-electron chi connectivity index (χ1n) is 3.72. The first-order chi connectivity index (χ1) is 6.27. The third kappa shape index (κ3) is 1.35. The van der Waals surface area contributed by atoms with E-state index in [1.54, 1.807) is 6.07 Å². The van der Waals surface area contributed by atoms with E-state index in [-0.39, 0.29) is 5.71 Å². The summed E-state index contributed by atoms with van der Waals surface area (Å²) in [5.74, 6) is 0. The lowest BCUT2D eigenvalue weighted by molar-refractivity contribution is 0.247. The maximum atomic E-state index is 10.9. The van der Waals surface area contributed by atoms with Gasteiger partial charge in [-0.25, -0.2) is 9.79 Å². The van der Waals surface area contributed by atoms with Crippen molar-refractivity contribution in [2.75, 3.05) is 0 Å². The van der Waals surface area contributed by atoms with Crippen LogP contribution in [0.3, 0.4) is 0 Å². The Morgan fingerprint density at radius 1 is 1.62 bits per heavy atom. The van der Waals surface area contributed by atoms with Crippen LogP contribution in [0, 0.1) is 5.41 Å². The van der Waals surface area contributed by atoms with Crippen LogP contribution in [0.1, 0.15) is 11.6 Å². The van der Waals surface area contributed by atoms with E-state index in [0.29, 0.717) is 0 Å². The predicted octanol–water partition coefficient (Wildman–Crippen LogP) is 1.13. The number of rotatable bonds is 1. The molecule has 0 radical (unpaired) electrons. The van der Waals surface area contributed by atoms with Crippen molar-refractivity contribution in [2.24, 2.45) is 4.99 Å². The highest BCUT2D eigenvalue weighted by Crippen LogP contribution is 2.15. The lowest BCUT2D eigenvalue weighted by Crippen LogP contribution is -2.36. The summed E-state index contributed by atoms with van der Waals surface area (Å²) in [5.41, 5.74) is 1.01. The fourth-order valence-electron chi connectivity index (χ4n) is 1.14. The number of aliphatic imine (C=N–C) groups is 1. The fourth-order valence-corrected chi connectivity index (χ4v) is 1.14. The van der Waals surface area contributed by atoms with Gasteiger partial charge < -0.3 is 15.1 Å². The van der Waals surface area contributed by atoms with Crippen LogP contribution < -0.4 is 5.32 Å². The van der Waals surface area contributed by atoms with Gasteiger partial charge in [0, 0.05) is 5.56 Å². The molecule has 2 heterocycles. The van der Waals surface area contributed by atoms with Gasteiger partial charge in [-0.05, 0) is 6.07 Å². The third-order valence-corrected chi connectivity index (χ3v) is 1.78. The summed E-state index contributed by atoms with van der Waals surface area (Å²) in [6.45, 7) is 0. The molecule has 2 amide bonds. The number of carbonyl (C=O) groups is 1. The summed E-state index contributed by atoms with van der Waals surface area (Å²) < 4.78 is 4.86. The van der Waals surface area contributed by atoms with Crippen molar-refractivity contribution in [3.05, 3.63) is 24.2 Å². The second kappa shape index (κ2) is 2.85. The fraction of sp³-hybridized carbons (Fsp3) is 0.125. The maximum Gasteiger partial charge on any atom is 0.341 e. The van der Waals surface area contributed by atoms with E-state index in [0.717, 1.165) is 5.56 Å². The predicted molar refractivity (Wildman–Crippen MR) is 46.2 cm³/mol. The second-order valence-electron chi connectivity index (χ2n) is 2.65. The summed E-state index contributed by atoms with van der Waals surface area (Å²) in [7, 11) is 0. The van der Waals surface area contributed by atoms with Gasteiger partial charge in [-0.3, -0.25) is 0 Å². The van der Waals surface area contributed by atoms with E-state index in [9.17, 15) is 4.79 Å². The highest BCUT2D eigenvalue weighted by atomic mass is 16.3. The molecule has 66 valence electrons. The number of hydrogen-bond donors (Lipinski definition) is 2. The van der Waals surface area contributed by atoms with E-state index >= 15 is 0 Å². The van der Waals surface area contributed by atoms with Crippen LogP contribution >= 0.6 is 0 Å². The van der Waals surface area contributed by atoms with Crippen LogP contribution in [0.2, 0.25) is 0 Å². The first-order valence-corrected chi connectivity index (χ1v) is 3.72. The van der Waals surface area contributed by atoms with Gasteiger partial charge in [0.2, 0.25) is 0 Å². The molecule has 0 fully saturated rings. The van der Waals surface area contributed by atoms with Crippen LogP contribution in [0.25, 0.3) is 0 Å². The Morgan fingerprint density at radius 3 is 3.15 bits per heavy atom. The van der Waals surface area contributed by atoms with E-state index in [4.69, 9.17) is 9.83 Å². The molecule has 0 saturated carbocycles. The number of hydrogen-bond acceptors (Lipinski definition) is 3. The van der Waals surface area contributed by atoms with Crippen molar-refractivity contribution >= 4 is 18.0 Å². The van der Waals surface area contributed by atoms with Crippen LogP contribution in [0.5, 0.6) is 0 Å². The molecule has 1 aliphatic heterocycles. The number of carbonyl (C=O) groups excluding carboxylic acids is 1. The minimum Gasteiger partial charge on any atom is -0.472 e. The molecule has 0 aromatic carbocycles. The molecular weight excluding hydrogens is 170 g/mol. The van der Waals surface area contributed by atoms with Crippen molar-refractivity contribution in [3.63, 3.8) is 0 Å². The summed E-state index contributed by atoms with van der Waals surface area (Å²) in [5, 5.41) is 10.1. The summed E-state index contributed by atoms with van der Waals surface area (Å²) >= 11 is 0. The number of nitrogens with one attached hydrogen (secondary N) is 2. The molecule has 1 unspecified atom stereocenters. The van der Waals surface area contributed by atoms with Gasteiger partial charge in [0.25, 0.3) is 0 Å². The van der Waals surface area contributed by atoms with Crippen LogP contribution in [0.4, 0.5) is 4.79 Å². The number of urea groups is 1. The van der Waals surface area contributed by atoms with E-state index in [1.165, 1.54) is 18.7 Å².